The summed E-state index contributed by atoms with van der Waals surface area (Å²) in [5, 5.41) is 6.33. The normalized spacial score (nSPS) is 30.4. The standard InChI is InChI=1S/C12H23N3O2/c1-2-4-14-12(16)11-9-17-7-6-15(11)10-3-5-13-8-10/h10-11,13H,2-9H2,1H3,(H,14,16). The molecule has 5 heteroatoms. The van der Waals surface area contributed by atoms with Crippen molar-refractivity contribution in [2.24, 2.45) is 0 Å². The summed E-state index contributed by atoms with van der Waals surface area (Å²) in [5.74, 6) is 0.124. The van der Waals surface area contributed by atoms with Gasteiger partial charge in [-0.25, -0.2) is 0 Å². The van der Waals surface area contributed by atoms with Crippen molar-refractivity contribution in [1.82, 2.24) is 15.5 Å². The molecule has 5 nitrogen and oxygen atoms in total. The summed E-state index contributed by atoms with van der Waals surface area (Å²) in [4.78, 5) is 14.4. The van der Waals surface area contributed by atoms with E-state index in [1.54, 1.807) is 0 Å². The molecule has 2 N–H and O–H groups in total. The van der Waals surface area contributed by atoms with E-state index < -0.39 is 0 Å². The lowest BCUT2D eigenvalue weighted by Gasteiger charge is -2.38. The zero-order chi connectivity index (χ0) is 12.1. The van der Waals surface area contributed by atoms with Gasteiger partial charge in [0.2, 0.25) is 5.91 Å². The predicted molar refractivity (Wildman–Crippen MR) is 65.9 cm³/mol. The monoisotopic (exact) mass is 241 g/mol. The Kier molecular flexibility index (Phi) is 4.76. The van der Waals surface area contributed by atoms with Gasteiger partial charge in [0.1, 0.15) is 6.04 Å². The molecule has 2 rings (SSSR count). The van der Waals surface area contributed by atoms with Gasteiger partial charge >= 0.3 is 0 Å². The van der Waals surface area contributed by atoms with Crippen molar-refractivity contribution in [3.05, 3.63) is 0 Å². The fraction of sp³-hybridized carbons (Fsp3) is 0.917. The average molecular weight is 241 g/mol. The van der Waals surface area contributed by atoms with Crippen LogP contribution < -0.4 is 10.6 Å². The van der Waals surface area contributed by atoms with Crippen LogP contribution in [-0.2, 0) is 9.53 Å². The quantitative estimate of drug-likeness (QED) is 0.701. The molecule has 98 valence electrons. The third kappa shape index (κ3) is 3.18. The number of amides is 1. The summed E-state index contributed by atoms with van der Waals surface area (Å²) < 4.78 is 5.45. The van der Waals surface area contributed by atoms with E-state index in [0.717, 1.165) is 45.6 Å². The van der Waals surface area contributed by atoms with Crippen LogP contribution in [0.25, 0.3) is 0 Å². The molecule has 0 radical (unpaired) electrons. The highest BCUT2D eigenvalue weighted by Crippen LogP contribution is 2.16. The summed E-state index contributed by atoms with van der Waals surface area (Å²) in [6.45, 7) is 7.03. The van der Waals surface area contributed by atoms with Gasteiger partial charge in [-0.3, -0.25) is 9.69 Å². The molecule has 2 heterocycles. The van der Waals surface area contributed by atoms with E-state index in [0.29, 0.717) is 12.6 Å². The first kappa shape index (κ1) is 12.8. The molecular weight excluding hydrogens is 218 g/mol. The van der Waals surface area contributed by atoms with E-state index in [1.165, 1.54) is 0 Å². The minimum absolute atomic E-state index is 0.0970. The van der Waals surface area contributed by atoms with Crippen LogP contribution in [0.1, 0.15) is 19.8 Å². The molecule has 0 bridgehead atoms. The number of nitrogens with one attached hydrogen (secondary N) is 2. The minimum atomic E-state index is -0.0970. The van der Waals surface area contributed by atoms with Gasteiger partial charge in [0.05, 0.1) is 13.2 Å². The molecule has 1 amide bonds. The second kappa shape index (κ2) is 6.33. The van der Waals surface area contributed by atoms with Crippen LogP contribution in [0, 0.1) is 0 Å². The van der Waals surface area contributed by atoms with Crippen molar-refractivity contribution >= 4 is 5.91 Å². The summed E-state index contributed by atoms with van der Waals surface area (Å²) in [5.41, 5.74) is 0. The number of rotatable bonds is 4. The second-order valence-corrected chi connectivity index (χ2v) is 4.77. The highest BCUT2D eigenvalue weighted by Gasteiger charge is 2.34. The van der Waals surface area contributed by atoms with Crippen molar-refractivity contribution in [1.29, 1.82) is 0 Å². The van der Waals surface area contributed by atoms with Gasteiger partial charge in [0.15, 0.2) is 0 Å². The second-order valence-electron chi connectivity index (χ2n) is 4.77. The molecule has 2 aliphatic heterocycles. The molecule has 2 unspecified atom stereocenters. The number of hydrogen-bond acceptors (Lipinski definition) is 4. The molecule has 17 heavy (non-hydrogen) atoms. The number of carbonyl (C=O) groups is 1. The Morgan fingerprint density at radius 1 is 1.59 bits per heavy atom. The number of ether oxygens (including phenoxy) is 1. The summed E-state index contributed by atoms with van der Waals surface area (Å²) in [7, 11) is 0. The fourth-order valence-electron chi connectivity index (χ4n) is 2.57. The van der Waals surface area contributed by atoms with Crippen LogP contribution in [0.4, 0.5) is 0 Å². The molecule has 0 aromatic heterocycles. The Morgan fingerprint density at radius 3 is 3.18 bits per heavy atom. The molecule has 2 atom stereocenters. The highest BCUT2D eigenvalue weighted by molar-refractivity contribution is 5.82. The van der Waals surface area contributed by atoms with Gasteiger partial charge in [0, 0.05) is 25.7 Å². The van der Waals surface area contributed by atoms with Crippen LogP contribution in [-0.4, -0.2) is 62.3 Å². The van der Waals surface area contributed by atoms with E-state index in [9.17, 15) is 4.79 Å². The fourth-order valence-corrected chi connectivity index (χ4v) is 2.57. The molecule has 0 spiro atoms. The summed E-state index contributed by atoms with van der Waals surface area (Å²) in [6, 6.07) is 0.400. The maximum Gasteiger partial charge on any atom is 0.239 e. The minimum Gasteiger partial charge on any atom is -0.378 e. The van der Waals surface area contributed by atoms with Crippen LogP contribution in [0.3, 0.4) is 0 Å². The maximum atomic E-state index is 12.1. The van der Waals surface area contributed by atoms with E-state index in [4.69, 9.17) is 4.74 Å². The van der Waals surface area contributed by atoms with Crippen molar-refractivity contribution in [2.75, 3.05) is 39.4 Å². The number of carbonyl (C=O) groups excluding carboxylic acids is 1. The highest BCUT2D eigenvalue weighted by atomic mass is 16.5. The topological polar surface area (TPSA) is 53.6 Å². The number of hydrogen-bond donors (Lipinski definition) is 2. The number of morpholine rings is 1. The van der Waals surface area contributed by atoms with E-state index in [2.05, 4.69) is 22.5 Å². The molecular formula is C12H23N3O2. The SMILES string of the molecule is CCCNC(=O)C1COCCN1C1CCNC1. The maximum absolute atomic E-state index is 12.1. The van der Waals surface area contributed by atoms with Crippen molar-refractivity contribution in [2.45, 2.75) is 31.8 Å². The molecule has 0 saturated carbocycles. The zero-order valence-corrected chi connectivity index (χ0v) is 10.6. The molecule has 2 saturated heterocycles. The average Bonchev–Trinajstić information content (AvgIpc) is 2.89. The summed E-state index contributed by atoms with van der Waals surface area (Å²) in [6.07, 6.45) is 2.11. The molecule has 2 fully saturated rings. The lowest BCUT2D eigenvalue weighted by atomic mass is 10.1. The van der Waals surface area contributed by atoms with Crippen LogP contribution in [0.15, 0.2) is 0 Å². The molecule has 0 aliphatic carbocycles. The molecule has 0 aromatic carbocycles. The summed E-state index contributed by atoms with van der Waals surface area (Å²) >= 11 is 0. The smallest absolute Gasteiger partial charge is 0.239 e. The lowest BCUT2D eigenvalue weighted by Crippen LogP contribution is -2.57. The van der Waals surface area contributed by atoms with Crippen LogP contribution >= 0.6 is 0 Å². The Hall–Kier alpha value is -0.650. The Bertz CT molecular complexity index is 254. The Morgan fingerprint density at radius 2 is 2.47 bits per heavy atom. The van der Waals surface area contributed by atoms with Crippen molar-refractivity contribution in [3.63, 3.8) is 0 Å². The van der Waals surface area contributed by atoms with Crippen molar-refractivity contribution < 1.29 is 9.53 Å². The van der Waals surface area contributed by atoms with Gasteiger partial charge in [0.25, 0.3) is 0 Å². The van der Waals surface area contributed by atoms with Crippen molar-refractivity contribution in [3.8, 4) is 0 Å². The Labute approximate surface area is 103 Å². The van der Waals surface area contributed by atoms with Gasteiger partial charge in [-0.15, -0.1) is 0 Å². The first-order valence-corrected chi connectivity index (χ1v) is 6.65. The third-order valence-electron chi connectivity index (χ3n) is 3.53. The van der Waals surface area contributed by atoms with E-state index in [1.807, 2.05) is 0 Å². The Balaban J connectivity index is 1.93. The van der Waals surface area contributed by atoms with Crippen LogP contribution in [0.2, 0.25) is 0 Å². The molecule has 2 aliphatic rings. The first-order chi connectivity index (χ1) is 8.33. The lowest BCUT2D eigenvalue weighted by molar-refractivity contribution is -0.134. The van der Waals surface area contributed by atoms with E-state index >= 15 is 0 Å². The third-order valence-corrected chi connectivity index (χ3v) is 3.53. The largest absolute Gasteiger partial charge is 0.378 e. The predicted octanol–water partition coefficient (Wildman–Crippen LogP) is -0.425. The first-order valence-electron chi connectivity index (χ1n) is 6.65. The zero-order valence-electron chi connectivity index (χ0n) is 10.6. The molecule has 0 aromatic rings. The van der Waals surface area contributed by atoms with Gasteiger partial charge < -0.3 is 15.4 Å². The van der Waals surface area contributed by atoms with Gasteiger partial charge in [-0.05, 0) is 19.4 Å². The van der Waals surface area contributed by atoms with Gasteiger partial charge in [-0.2, -0.15) is 0 Å². The van der Waals surface area contributed by atoms with E-state index in [-0.39, 0.29) is 11.9 Å². The van der Waals surface area contributed by atoms with Gasteiger partial charge in [-0.1, -0.05) is 6.92 Å². The van der Waals surface area contributed by atoms with Crippen LogP contribution in [0.5, 0.6) is 0 Å². The number of nitrogens with zero attached hydrogens (tertiary/aromatic N) is 1.